The smallest absolute Gasteiger partial charge is 0.280 e. The van der Waals surface area contributed by atoms with E-state index in [0.717, 1.165) is 13.1 Å². The Labute approximate surface area is 179 Å². The lowest BCUT2D eigenvalue weighted by Crippen LogP contribution is -2.56. The van der Waals surface area contributed by atoms with Crippen LogP contribution in [0.25, 0.3) is 10.3 Å². The molecule has 8 nitrogen and oxygen atoms in total. The molecule has 1 amide bonds. The lowest BCUT2D eigenvalue weighted by atomic mass is 10.2. The van der Waals surface area contributed by atoms with Gasteiger partial charge in [0.05, 0.1) is 18.2 Å². The van der Waals surface area contributed by atoms with Crippen LogP contribution in [0, 0.1) is 0 Å². The Hall–Kier alpha value is -2.43. The maximum absolute atomic E-state index is 14.1. The Balaban J connectivity index is 1.66. The first kappa shape index (κ1) is 22.3. The summed E-state index contributed by atoms with van der Waals surface area (Å²) >= 11 is 1.22. The van der Waals surface area contributed by atoms with Gasteiger partial charge in [-0.15, -0.1) is 0 Å². The van der Waals surface area contributed by atoms with Gasteiger partial charge in [-0.1, -0.05) is 17.4 Å². The summed E-state index contributed by atoms with van der Waals surface area (Å²) in [5.41, 5.74) is 0.523. The van der Waals surface area contributed by atoms with Crippen LogP contribution >= 0.6 is 11.3 Å². The maximum atomic E-state index is 14.1. The highest BCUT2D eigenvalue weighted by molar-refractivity contribution is 7.19. The second kappa shape index (κ2) is 10.1. The molecule has 2 aromatic rings. The number of ether oxygens (including phenoxy) is 1. The summed E-state index contributed by atoms with van der Waals surface area (Å²) in [4.78, 5) is 25.8. The number of anilines is 1. The molecule has 1 saturated heterocycles. The van der Waals surface area contributed by atoms with E-state index < -0.39 is 0 Å². The van der Waals surface area contributed by atoms with Gasteiger partial charge < -0.3 is 20.7 Å². The van der Waals surface area contributed by atoms with Gasteiger partial charge in [-0.3, -0.25) is 4.79 Å². The van der Waals surface area contributed by atoms with Crippen LogP contribution in [-0.2, 0) is 4.74 Å². The number of amides is 1. The van der Waals surface area contributed by atoms with E-state index in [-0.39, 0.29) is 36.0 Å². The fraction of sp³-hybridized carbons (Fsp3) is 0.500. The molecule has 0 spiro atoms. The van der Waals surface area contributed by atoms with E-state index in [1.54, 1.807) is 13.0 Å². The molecule has 162 valence electrons. The third-order valence-corrected chi connectivity index (χ3v) is 5.26. The molecule has 0 radical (unpaired) electrons. The highest BCUT2D eigenvalue weighted by Crippen LogP contribution is 2.25. The number of fused-ring (bicyclic) bond motifs is 1. The van der Waals surface area contributed by atoms with Crippen molar-refractivity contribution in [2.45, 2.75) is 52.0 Å². The molecule has 1 aliphatic heterocycles. The van der Waals surface area contributed by atoms with Gasteiger partial charge in [-0.05, 0) is 39.8 Å². The van der Waals surface area contributed by atoms with Crippen LogP contribution in [0.15, 0.2) is 30.4 Å². The van der Waals surface area contributed by atoms with Gasteiger partial charge in [0.15, 0.2) is 10.8 Å². The van der Waals surface area contributed by atoms with E-state index in [9.17, 15) is 9.18 Å². The average molecular weight is 435 g/mol. The summed E-state index contributed by atoms with van der Waals surface area (Å²) in [6, 6.07) is -0.0847. The summed E-state index contributed by atoms with van der Waals surface area (Å²) in [7, 11) is 0. The number of carbonyl (C=O) groups excluding carboxylic acids is 1. The molecule has 0 bridgehead atoms. The summed E-state index contributed by atoms with van der Waals surface area (Å²) in [5.74, 6) is -0.0882. The molecule has 30 heavy (non-hydrogen) atoms. The standard InChI is InChI=1S/C20H27FN6O2S/c1-11(2)29-13(4)7-14(21)6-5-12(3)25-17-16-19(24-10-23-17)30-20(27-16)18(28)26-15-8-22-9-15/h5-7,10-13,15,22H,8-9H2,1-4H3,(H,26,28)(H,23,24,25)/b6-5-,14-7+. The molecule has 1 aliphatic rings. The molecule has 10 heteroatoms. The lowest BCUT2D eigenvalue weighted by Gasteiger charge is -2.27. The van der Waals surface area contributed by atoms with E-state index >= 15 is 0 Å². The fourth-order valence-corrected chi connectivity index (χ4v) is 3.65. The Morgan fingerprint density at radius 2 is 2.10 bits per heavy atom. The molecular weight excluding hydrogens is 407 g/mol. The zero-order valence-electron chi connectivity index (χ0n) is 17.5. The number of nitrogens with zero attached hydrogens (tertiary/aromatic N) is 3. The molecule has 3 rings (SSSR count). The minimum atomic E-state index is -0.372. The van der Waals surface area contributed by atoms with Gasteiger partial charge in [0.25, 0.3) is 5.91 Å². The van der Waals surface area contributed by atoms with Gasteiger partial charge in [-0.25, -0.2) is 19.3 Å². The van der Waals surface area contributed by atoms with Crippen LogP contribution in [0.4, 0.5) is 10.2 Å². The van der Waals surface area contributed by atoms with E-state index in [1.807, 2.05) is 20.8 Å². The van der Waals surface area contributed by atoms with E-state index in [1.165, 1.54) is 29.8 Å². The Kier molecular flexibility index (Phi) is 7.46. The third-order valence-electron chi connectivity index (χ3n) is 4.30. The Morgan fingerprint density at radius 3 is 2.77 bits per heavy atom. The van der Waals surface area contributed by atoms with Crippen molar-refractivity contribution < 1.29 is 13.9 Å². The predicted molar refractivity (Wildman–Crippen MR) is 116 cm³/mol. The summed E-state index contributed by atoms with van der Waals surface area (Å²) in [6.45, 7) is 9.01. The first-order chi connectivity index (χ1) is 14.3. The van der Waals surface area contributed by atoms with Crippen molar-refractivity contribution in [1.29, 1.82) is 0 Å². The van der Waals surface area contributed by atoms with Crippen molar-refractivity contribution in [3.63, 3.8) is 0 Å². The number of hydrogen-bond acceptors (Lipinski definition) is 8. The average Bonchev–Trinajstić information content (AvgIpc) is 3.07. The van der Waals surface area contributed by atoms with Crippen molar-refractivity contribution in [3.05, 3.63) is 35.4 Å². The zero-order valence-corrected chi connectivity index (χ0v) is 18.3. The molecule has 2 unspecified atom stereocenters. The monoisotopic (exact) mass is 434 g/mol. The third kappa shape index (κ3) is 6.04. The highest BCUT2D eigenvalue weighted by Gasteiger charge is 2.22. The molecule has 0 aromatic carbocycles. The molecule has 2 atom stereocenters. The Morgan fingerprint density at radius 1 is 1.33 bits per heavy atom. The van der Waals surface area contributed by atoms with Crippen LogP contribution in [0.2, 0.25) is 0 Å². The van der Waals surface area contributed by atoms with Gasteiger partial charge in [-0.2, -0.15) is 0 Å². The number of rotatable bonds is 9. The topological polar surface area (TPSA) is 101 Å². The molecule has 1 fully saturated rings. The molecule has 3 N–H and O–H groups in total. The first-order valence-corrected chi connectivity index (χ1v) is 10.7. The summed E-state index contributed by atoms with van der Waals surface area (Å²) < 4.78 is 19.6. The number of nitrogens with one attached hydrogen (secondary N) is 3. The fourth-order valence-electron chi connectivity index (χ4n) is 2.84. The van der Waals surface area contributed by atoms with Crippen LogP contribution in [0.1, 0.15) is 37.5 Å². The van der Waals surface area contributed by atoms with E-state index in [0.29, 0.717) is 21.2 Å². The lowest BCUT2D eigenvalue weighted by molar-refractivity contribution is 0.0452. The van der Waals surface area contributed by atoms with Crippen molar-refractivity contribution >= 4 is 33.4 Å². The number of thiazole rings is 1. The number of carbonyl (C=O) groups is 1. The molecular formula is C20H27FN6O2S. The van der Waals surface area contributed by atoms with Gasteiger partial charge in [0, 0.05) is 19.1 Å². The number of allylic oxidation sites excluding steroid dienone is 2. The molecule has 0 aliphatic carbocycles. The van der Waals surface area contributed by atoms with Crippen LogP contribution in [-0.4, -0.2) is 58.2 Å². The molecule has 2 aromatic heterocycles. The van der Waals surface area contributed by atoms with Gasteiger partial charge in [0.2, 0.25) is 0 Å². The summed E-state index contributed by atoms with van der Waals surface area (Å²) in [6.07, 6.45) is 5.64. The highest BCUT2D eigenvalue weighted by atomic mass is 32.1. The predicted octanol–water partition coefficient (Wildman–Crippen LogP) is 2.81. The zero-order chi connectivity index (χ0) is 21.7. The van der Waals surface area contributed by atoms with Crippen LogP contribution in [0.3, 0.4) is 0 Å². The van der Waals surface area contributed by atoms with Gasteiger partial charge in [0.1, 0.15) is 22.5 Å². The largest absolute Gasteiger partial charge is 0.372 e. The normalized spacial score (nSPS) is 17.3. The maximum Gasteiger partial charge on any atom is 0.280 e. The number of halogens is 1. The SMILES string of the molecule is CC(/C=C\C(F)=C/C(C)OC(C)C)Nc1ncnc2sc(C(=O)NC3CNC3)nc12. The molecule has 3 heterocycles. The van der Waals surface area contributed by atoms with Crippen LogP contribution < -0.4 is 16.0 Å². The van der Waals surface area contributed by atoms with Crippen LogP contribution in [0.5, 0.6) is 0 Å². The van der Waals surface area contributed by atoms with Crippen molar-refractivity contribution in [2.75, 3.05) is 18.4 Å². The van der Waals surface area contributed by atoms with Crippen molar-refractivity contribution in [1.82, 2.24) is 25.6 Å². The summed E-state index contributed by atoms with van der Waals surface area (Å²) in [5, 5.41) is 9.55. The number of hydrogen-bond donors (Lipinski definition) is 3. The Bertz CT molecular complexity index is 941. The first-order valence-electron chi connectivity index (χ1n) is 9.92. The minimum Gasteiger partial charge on any atom is -0.372 e. The van der Waals surface area contributed by atoms with E-state index in [4.69, 9.17) is 4.74 Å². The van der Waals surface area contributed by atoms with Crippen molar-refractivity contribution in [3.8, 4) is 0 Å². The quantitative estimate of drug-likeness (QED) is 0.522. The van der Waals surface area contributed by atoms with Gasteiger partial charge >= 0.3 is 0 Å². The second-order valence-corrected chi connectivity index (χ2v) is 8.43. The number of aromatic nitrogens is 3. The minimum absolute atomic E-state index is 0.0317. The second-order valence-electron chi connectivity index (χ2n) is 7.46. The van der Waals surface area contributed by atoms with E-state index in [2.05, 4.69) is 30.9 Å². The van der Waals surface area contributed by atoms with Crippen molar-refractivity contribution in [2.24, 2.45) is 0 Å². The molecule has 0 saturated carbocycles.